The normalized spacial score (nSPS) is 20.6. The van der Waals surface area contributed by atoms with Crippen LogP contribution in [0.5, 0.6) is 0 Å². The molecular weight excluding hydrogens is 262 g/mol. The zero-order valence-corrected chi connectivity index (χ0v) is 11.9. The molecule has 0 bridgehead atoms. The number of carboxylic acid groups (broad SMARTS) is 1. The summed E-state index contributed by atoms with van der Waals surface area (Å²) in [7, 11) is 0. The average molecular weight is 282 g/mol. The summed E-state index contributed by atoms with van der Waals surface area (Å²) >= 11 is 0. The van der Waals surface area contributed by atoms with Crippen LogP contribution in [-0.4, -0.2) is 11.1 Å². The largest absolute Gasteiger partial charge is 0.481 e. The van der Waals surface area contributed by atoms with Crippen LogP contribution in [0.2, 0.25) is 0 Å². The van der Waals surface area contributed by atoms with Gasteiger partial charge in [-0.2, -0.15) is 0 Å². The van der Waals surface area contributed by atoms with Gasteiger partial charge in [0.05, 0.1) is 5.41 Å². The molecule has 1 N–H and O–H groups in total. The third kappa shape index (κ3) is 3.00. The molecule has 0 saturated heterocycles. The van der Waals surface area contributed by atoms with Gasteiger partial charge in [-0.1, -0.05) is 13.8 Å². The van der Waals surface area contributed by atoms with Crippen molar-refractivity contribution < 1.29 is 18.7 Å². The maximum atomic E-state index is 13.8. The minimum Gasteiger partial charge on any atom is -0.481 e. The Balaban J connectivity index is 2.27. The number of hydrogen-bond donors (Lipinski definition) is 1. The summed E-state index contributed by atoms with van der Waals surface area (Å²) in [4.78, 5) is 11.7. The third-order valence-corrected chi connectivity index (χ3v) is 4.55. The maximum Gasteiger partial charge on any atom is 0.309 e. The molecule has 1 aromatic rings. The minimum atomic E-state index is -0.968. The number of benzene rings is 1. The van der Waals surface area contributed by atoms with Gasteiger partial charge in [0.1, 0.15) is 11.6 Å². The highest BCUT2D eigenvalue weighted by Crippen LogP contribution is 2.47. The molecule has 0 aromatic heterocycles. The Morgan fingerprint density at radius 2 is 1.80 bits per heavy atom. The molecule has 1 aliphatic carbocycles. The molecule has 1 aliphatic rings. The van der Waals surface area contributed by atoms with Gasteiger partial charge in [0.15, 0.2) is 0 Å². The van der Waals surface area contributed by atoms with E-state index in [9.17, 15) is 18.7 Å². The molecule has 2 nitrogen and oxygen atoms in total. The van der Waals surface area contributed by atoms with Crippen LogP contribution < -0.4 is 0 Å². The average Bonchev–Trinajstić information content (AvgIpc) is 2.36. The SMILES string of the molecule is CC1(C)CCC(Cc2cc(F)ccc2F)(C(=O)O)CC1. The highest BCUT2D eigenvalue weighted by Gasteiger charge is 2.44. The second-order valence-electron chi connectivity index (χ2n) is 6.66. The third-order valence-electron chi connectivity index (χ3n) is 4.55. The lowest BCUT2D eigenvalue weighted by molar-refractivity contribution is -0.152. The topological polar surface area (TPSA) is 37.3 Å². The second kappa shape index (κ2) is 5.15. The van der Waals surface area contributed by atoms with E-state index in [1.807, 2.05) is 0 Å². The van der Waals surface area contributed by atoms with Gasteiger partial charge in [-0.3, -0.25) is 4.79 Å². The molecule has 2 rings (SSSR count). The second-order valence-corrected chi connectivity index (χ2v) is 6.66. The van der Waals surface area contributed by atoms with Gasteiger partial charge in [0.25, 0.3) is 0 Å². The molecule has 0 aliphatic heterocycles. The van der Waals surface area contributed by atoms with Crippen LogP contribution >= 0.6 is 0 Å². The van der Waals surface area contributed by atoms with Crippen molar-refractivity contribution in [2.24, 2.45) is 10.8 Å². The Morgan fingerprint density at radius 3 is 2.35 bits per heavy atom. The van der Waals surface area contributed by atoms with Gasteiger partial charge in [-0.05, 0) is 61.3 Å². The summed E-state index contributed by atoms with van der Waals surface area (Å²) in [5, 5.41) is 9.56. The summed E-state index contributed by atoms with van der Waals surface area (Å²) in [6.07, 6.45) is 2.64. The van der Waals surface area contributed by atoms with E-state index in [1.165, 1.54) is 0 Å². The fourth-order valence-corrected chi connectivity index (χ4v) is 2.91. The summed E-state index contributed by atoms with van der Waals surface area (Å²) < 4.78 is 27.0. The molecule has 1 fully saturated rings. The molecule has 4 heteroatoms. The summed E-state index contributed by atoms with van der Waals surface area (Å²) in [6.45, 7) is 4.23. The smallest absolute Gasteiger partial charge is 0.309 e. The molecule has 0 heterocycles. The van der Waals surface area contributed by atoms with Crippen molar-refractivity contribution in [3.8, 4) is 0 Å². The zero-order chi connectivity index (χ0) is 15.0. The minimum absolute atomic E-state index is 0.0575. The van der Waals surface area contributed by atoms with E-state index in [0.29, 0.717) is 12.8 Å². The first-order valence-electron chi connectivity index (χ1n) is 6.92. The van der Waals surface area contributed by atoms with Gasteiger partial charge < -0.3 is 5.11 Å². The fraction of sp³-hybridized carbons (Fsp3) is 0.562. The van der Waals surface area contributed by atoms with Crippen molar-refractivity contribution in [3.63, 3.8) is 0 Å². The number of hydrogen-bond acceptors (Lipinski definition) is 1. The zero-order valence-electron chi connectivity index (χ0n) is 11.9. The van der Waals surface area contributed by atoms with Gasteiger partial charge >= 0.3 is 5.97 Å². The van der Waals surface area contributed by atoms with Crippen molar-refractivity contribution in [2.75, 3.05) is 0 Å². The number of halogens is 2. The molecule has 1 saturated carbocycles. The van der Waals surface area contributed by atoms with Gasteiger partial charge in [0.2, 0.25) is 0 Å². The first kappa shape index (κ1) is 14.9. The Labute approximate surface area is 117 Å². The summed E-state index contributed by atoms with van der Waals surface area (Å²) in [5.41, 5.74) is -0.684. The molecule has 110 valence electrons. The number of carbonyl (C=O) groups is 1. The van der Waals surface area contributed by atoms with E-state index < -0.39 is 23.0 Å². The van der Waals surface area contributed by atoms with Crippen molar-refractivity contribution in [3.05, 3.63) is 35.4 Å². The molecule has 0 atom stereocenters. The van der Waals surface area contributed by atoms with E-state index in [1.54, 1.807) is 0 Å². The molecule has 1 aromatic carbocycles. The molecule has 0 amide bonds. The molecule has 0 spiro atoms. The van der Waals surface area contributed by atoms with Crippen molar-refractivity contribution in [2.45, 2.75) is 46.0 Å². The standard InChI is InChI=1S/C16H20F2O2/c1-15(2)5-7-16(8-6-15,14(19)20)10-11-9-12(17)3-4-13(11)18/h3-4,9H,5-8,10H2,1-2H3,(H,19,20). The summed E-state index contributed by atoms with van der Waals surface area (Å²) in [6, 6.07) is 3.23. The van der Waals surface area contributed by atoms with E-state index in [-0.39, 0.29) is 17.4 Å². The van der Waals surface area contributed by atoms with Crippen LogP contribution in [0.25, 0.3) is 0 Å². The van der Waals surface area contributed by atoms with E-state index in [0.717, 1.165) is 31.0 Å². The van der Waals surface area contributed by atoms with Crippen LogP contribution in [0.3, 0.4) is 0 Å². The monoisotopic (exact) mass is 282 g/mol. The Morgan fingerprint density at radius 1 is 1.20 bits per heavy atom. The Kier molecular flexibility index (Phi) is 3.85. The van der Waals surface area contributed by atoms with Gasteiger partial charge in [-0.25, -0.2) is 8.78 Å². The van der Waals surface area contributed by atoms with E-state index in [4.69, 9.17) is 0 Å². The summed E-state index contributed by atoms with van der Waals surface area (Å²) in [5.74, 6) is -1.97. The highest BCUT2D eigenvalue weighted by atomic mass is 19.1. The van der Waals surface area contributed by atoms with E-state index >= 15 is 0 Å². The fourth-order valence-electron chi connectivity index (χ4n) is 2.91. The predicted octanol–water partition coefficient (Wildman–Crippen LogP) is 4.18. The Bertz CT molecular complexity index is 513. The molecular formula is C16H20F2O2. The quantitative estimate of drug-likeness (QED) is 0.903. The molecule has 0 unspecified atom stereocenters. The van der Waals surface area contributed by atoms with Crippen molar-refractivity contribution >= 4 is 5.97 Å². The van der Waals surface area contributed by atoms with Crippen LogP contribution in [-0.2, 0) is 11.2 Å². The van der Waals surface area contributed by atoms with E-state index in [2.05, 4.69) is 13.8 Å². The van der Waals surface area contributed by atoms with Crippen LogP contribution in [0.1, 0.15) is 45.1 Å². The maximum absolute atomic E-state index is 13.8. The van der Waals surface area contributed by atoms with Gasteiger partial charge in [0, 0.05) is 0 Å². The Hall–Kier alpha value is -1.45. The first-order valence-corrected chi connectivity index (χ1v) is 6.92. The van der Waals surface area contributed by atoms with Gasteiger partial charge in [-0.15, -0.1) is 0 Å². The number of aliphatic carboxylic acids is 1. The van der Waals surface area contributed by atoms with Crippen molar-refractivity contribution in [1.29, 1.82) is 0 Å². The predicted molar refractivity (Wildman–Crippen MR) is 72.4 cm³/mol. The molecule has 0 radical (unpaired) electrons. The highest BCUT2D eigenvalue weighted by molar-refractivity contribution is 5.75. The van der Waals surface area contributed by atoms with Crippen LogP contribution in [0, 0.1) is 22.5 Å². The lowest BCUT2D eigenvalue weighted by atomic mass is 9.63. The van der Waals surface area contributed by atoms with Crippen LogP contribution in [0.15, 0.2) is 18.2 Å². The lowest BCUT2D eigenvalue weighted by Gasteiger charge is -2.41. The molecule has 20 heavy (non-hydrogen) atoms. The number of carboxylic acids is 1. The van der Waals surface area contributed by atoms with Crippen molar-refractivity contribution in [1.82, 2.24) is 0 Å². The first-order chi connectivity index (χ1) is 9.24. The van der Waals surface area contributed by atoms with Crippen LogP contribution in [0.4, 0.5) is 8.78 Å². The number of rotatable bonds is 3. The lowest BCUT2D eigenvalue weighted by Crippen LogP contribution is -2.39.